The van der Waals surface area contributed by atoms with Gasteiger partial charge in [0.15, 0.2) is 0 Å². The third kappa shape index (κ3) is 5.50. The maximum atomic E-state index is 15.4. The third-order valence-electron chi connectivity index (χ3n) is 7.41. The summed E-state index contributed by atoms with van der Waals surface area (Å²) in [7, 11) is 0. The van der Waals surface area contributed by atoms with E-state index in [0.29, 0.717) is 50.5 Å². The molecule has 0 spiro atoms. The number of rotatable bonds is 9. The Labute approximate surface area is 234 Å². The lowest BCUT2D eigenvalue weighted by Crippen LogP contribution is -2.48. The molecule has 8 nitrogen and oxygen atoms in total. The van der Waals surface area contributed by atoms with Crippen molar-refractivity contribution in [3.8, 4) is 0 Å². The van der Waals surface area contributed by atoms with Crippen LogP contribution in [0.3, 0.4) is 0 Å². The van der Waals surface area contributed by atoms with Gasteiger partial charge >= 0.3 is 5.97 Å². The predicted octanol–water partition coefficient (Wildman–Crippen LogP) is 4.98. The van der Waals surface area contributed by atoms with Crippen LogP contribution in [0.15, 0.2) is 76.1 Å². The van der Waals surface area contributed by atoms with Crippen LogP contribution < -0.4 is 10.3 Å². The van der Waals surface area contributed by atoms with Gasteiger partial charge in [-0.2, -0.15) is 0 Å². The maximum Gasteiger partial charge on any atom is 0.341 e. The topological polar surface area (TPSA) is 87.4 Å². The molecule has 0 unspecified atom stereocenters. The Bertz CT molecular complexity index is 1610. The van der Waals surface area contributed by atoms with E-state index in [9.17, 15) is 14.7 Å². The van der Waals surface area contributed by atoms with Gasteiger partial charge in [0.1, 0.15) is 23.7 Å². The molecule has 0 amide bonds. The predicted molar refractivity (Wildman–Crippen MR) is 154 cm³/mol. The summed E-state index contributed by atoms with van der Waals surface area (Å²) in [5.41, 5.74) is 1.95. The molecule has 0 bridgehead atoms. The van der Waals surface area contributed by atoms with E-state index in [2.05, 4.69) is 10.1 Å². The molecule has 3 heterocycles. The van der Waals surface area contributed by atoms with Crippen molar-refractivity contribution in [1.82, 2.24) is 9.47 Å². The first-order valence-electron chi connectivity index (χ1n) is 13.3. The van der Waals surface area contributed by atoms with E-state index >= 15 is 4.39 Å². The molecule has 10 heteroatoms. The second-order valence-electron chi connectivity index (χ2n) is 10.2. The number of hydrogen-bond donors (Lipinski definition) is 1. The average Bonchev–Trinajstić information content (AvgIpc) is 3.66. The highest BCUT2D eigenvalue weighted by Crippen LogP contribution is 2.38. The number of hydrogen-bond acceptors (Lipinski definition) is 7. The van der Waals surface area contributed by atoms with Crippen molar-refractivity contribution in [1.29, 1.82) is 0 Å². The highest BCUT2D eigenvalue weighted by molar-refractivity contribution is 7.12. The minimum absolute atomic E-state index is 0.110. The molecule has 4 aromatic rings. The number of carboxylic acids is 1. The molecule has 2 fully saturated rings. The van der Waals surface area contributed by atoms with Crippen molar-refractivity contribution in [2.75, 3.05) is 37.6 Å². The fourth-order valence-electron chi connectivity index (χ4n) is 5.12. The number of halogens is 1. The molecule has 1 saturated carbocycles. The molecule has 2 aliphatic rings. The molecule has 40 heavy (non-hydrogen) atoms. The second kappa shape index (κ2) is 11.2. The number of thiophene rings is 1. The molecule has 1 N–H and O–H groups in total. The van der Waals surface area contributed by atoms with Crippen LogP contribution in [0.5, 0.6) is 0 Å². The smallest absolute Gasteiger partial charge is 0.341 e. The Morgan fingerprint density at radius 3 is 2.52 bits per heavy atom. The van der Waals surface area contributed by atoms with Crippen molar-refractivity contribution in [3.05, 3.63) is 98.2 Å². The van der Waals surface area contributed by atoms with Gasteiger partial charge in [0, 0.05) is 50.3 Å². The molecule has 1 saturated heterocycles. The van der Waals surface area contributed by atoms with E-state index in [1.165, 1.54) is 12.3 Å². The van der Waals surface area contributed by atoms with Crippen molar-refractivity contribution < 1.29 is 19.1 Å². The molecule has 6 rings (SSSR count). The summed E-state index contributed by atoms with van der Waals surface area (Å²) >= 11 is 1.62. The Morgan fingerprint density at radius 1 is 1.07 bits per heavy atom. The van der Waals surface area contributed by atoms with E-state index in [0.717, 1.165) is 29.0 Å². The summed E-state index contributed by atoms with van der Waals surface area (Å²) in [5.74, 6) is -1.81. The fourth-order valence-corrected chi connectivity index (χ4v) is 5.82. The van der Waals surface area contributed by atoms with Crippen LogP contribution in [-0.2, 0) is 11.4 Å². The molecular formula is C30H29FN4O4S. The van der Waals surface area contributed by atoms with E-state index < -0.39 is 17.2 Å². The normalized spacial score (nSPS) is 16.4. The average molecular weight is 561 g/mol. The number of anilines is 1. The number of aromatic nitrogens is 1. The number of oxime groups is 1. The third-order valence-corrected chi connectivity index (χ3v) is 8.33. The molecule has 1 aliphatic carbocycles. The van der Waals surface area contributed by atoms with Gasteiger partial charge in [-0.15, -0.1) is 11.3 Å². The first-order valence-corrected chi connectivity index (χ1v) is 14.2. The Hall–Kier alpha value is -4.02. The van der Waals surface area contributed by atoms with Gasteiger partial charge in [0.25, 0.3) is 0 Å². The number of benzene rings is 2. The summed E-state index contributed by atoms with van der Waals surface area (Å²) < 4.78 is 17.2. The molecule has 0 atom stereocenters. The fraction of sp³-hybridized carbons (Fsp3) is 0.300. The van der Waals surface area contributed by atoms with Crippen LogP contribution in [0.4, 0.5) is 10.1 Å². The van der Waals surface area contributed by atoms with Gasteiger partial charge in [-0.3, -0.25) is 9.69 Å². The van der Waals surface area contributed by atoms with Gasteiger partial charge in [-0.1, -0.05) is 41.6 Å². The molecule has 2 aromatic heterocycles. The monoisotopic (exact) mass is 560 g/mol. The van der Waals surface area contributed by atoms with Crippen LogP contribution in [0, 0.1) is 5.82 Å². The SMILES string of the molecule is O=C(O)c1cn(C2CC2)c2cc(N3CCN(C/C(=N/OCc4ccccc4)c4cccs4)CC3)c(F)cc2c1=O. The van der Waals surface area contributed by atoms with E-state index in [1.807, 2.05) is 57.3 Å². The number of aromatic carboxylic acids is 1. The maximum absolute atomic E-state index is 15.4. The zero-order valence-electron chi connectivity index (χ0n) is 21.8. The Morgan fingerprint density at radius 2 is 1.85 bits per heavy atom. The molecular weight excluding hydrogens is 531 g/mol. The number of pyridine rings is 1. The lowest BCUT2D eigenvalue weighted by molar-refractivity contribution is 0.0695. The van der Waals surface area contributed by atoms with Crippen LogP contribution in [0.1, 0.15) is 39.7 Å². The minimum atomic E-state index is -1.29. The zero-order valence-corrected chi connectivity index (χ0v) is 22.6. The molecule has 2 aromatic carbocycles. The highest BCUT2D eigenvalue weighted by atomic mass is 32.1. The van der Waals surface area contributed by atoms with Gasteiger partial charge in [-0.25, -0.2) is 9.18 Å². The van der Waals surface area contributed by atoms with Gasteiger partial charge < -0.3 is 19.4 Å². The van der Waals surface area contributed by atoms with Gasteiger partial charge in [-0.05, 0) is 42.0 Å². The lowest BCUT2D eigenvalue weighted by atomic mass is 10.1. The quantitative estimate of drug-likeness (QED) is 0.230. The lowest BCUT2D eigenvalue weighted by Gasteiger charge is -2.36. The first kappa shape index (κ1) is 26.2. The highest BCUT2D eigenvalue weighted by Gasteiger charge is 2.29. The first-order chi connectivity index (χ1) is 19.5. The Kier molecular flexibility index (Phi) is 7.36. The summed E-state index contributed by atoms with van der Waals surface area (Å²) in [4.78, 5) is 35.5. The van der Waals surface area contributed by atoms with Crippen molar-refractivity contribution in [2.45, 2.75) is 25.5 Å². The molecule has 0 radical (unpaired) electrons. The zero-order chi connectivity index (χ0) is 27.6. The number of fused-ring (bicyclic) bond motifs is 1. The number of piperazine rings is 1. The Balaban J connectivity index is 1.18. The minimum Gasteiger partial charge on any atom is -0.477 e. The van der Waals surface area contributed by atoms with Crippen molar-refractivity contribution in [3.63, 3.8) is 0 Å². The van der Waals surface area contributed by atoms with Gasteiger partial charge in [0.2, 0.25) is 5.43 Å². The number of carboxylic acid groups (broad SMARTS) is 1. The van der Waals surface area contributed by atoms with E-state index in [-0.39, 0.29) is 17.0 Å². The van der Waals surface area contributed by atoms with E-state index in [1.54, 1.807) is 17.4 Å². The summed E-state index contributed by atoms with van der Waals surface area (Å²) in [5, 5.41) is 16.1. The molecule has 1 aliphatic heterocycles. The van der Waals surface area contributed by atoms with Crippen LogP contribution in [-0.4, -0.2) is 59.0 Å². The van der Waals surface area contributed by atoms with Crippen LogP contribution >= 0.6 is 11.3 Å². The van der Waals surface area contributed by atoms with Gasteiger partial charge in [0.05, 0.1) is 16.1 Å². The summed E-state index contributed by atoms with van der Waals surface area (Å²) in [6, 6.07) is 17.0. The summed E-state index contributed by atoms with van der Waals surface area (Å²) in [6.45, 7) is 3.62. The van der Waals surface area contributed by atoms with Crippen molar-refractivity contribution in [2.24, 2.45) is 5.16 Å². The van der Waals surface area contributed by atoms with E-state index in [4.69, 9.17) is 4.84 Å². The summed E-state index contributed by atoms with van der Waals surface area (Å²) in [6.07, 6.45) is 3.23. The molecule has 206 valence electrons. The second-order valence-corrected chi connectivity index (χ2v) is 11.1. The van der Waals surface area contributed by atoms with Crippen LogP contribution in [0.2, 0.25) is 0 Å². The standard InChI is InChI=1S/C30H29FN4O4S/c31-24-15-22-26(35(21-8-9-21)17-23(29(22)36)30(37)38)16-27(24)34-12-10-33(11-13-34)18-25(28-7-4-14-40-28)32-39-19-20-5-2-1-3-6-20/h1-7,14-17,21H,8-13,18-19H2,(H,37,38)/b32-25-. The largest absolute Gasteiger partial charge is 0.477 e. The van der Waals surface area contributed by atoms with Crippen LogP contribution in [0.25, 0.3) is 10.9 Å². The number of carbonyl (C=O) groups is 1. The van der Waals surface area contributed by atoms with Crippen molar-refractivity contribution >= 4 is 39.6 Å². The number of nitrogens with zero attached hydrogens (tertiary/aromatic N) is 4.